The normalized spacial score (nSPS) is 18.3. The Hall–Kier alpha value is -0.830. The maximum absolute atomic E-state index is 6.14. The van der Waals surface area contributed by atoms with Gasteiger partial charge in [-0.05, 0) is 24.7 Å². The Labute approximate surface area is 127 Å². The molecule has 0 bridgehead atoms. The van der Waals surface area contributed by atoms with Crippen molar-refractivity contribution in [3.05, 3.63) is 17.0 Å². The average Bonchev–Trinajstić information content (AvgIpc) is 2.47. The van der Waals surface area contributed by atoms with Crippen molar-refractivity contribution in [1.29, 1.82) is 0 Å². The quantitative estimate of drug-likeness (QED) is 0.750. The van der Waals surface area contributed by atoms with Crippen molar-refractivity contribution in [3.8, 4) is 0 Å². The van der Waals surface area contributed by atoms with Crippen LogP contribution in [0.1, 0.15) is 58.7 Å². The highest BCUT2D eigenvalue weighted by Crippen LogP contribution is 2.38. The summed E-state index contributed by atoms with van der Waals surface area (Å²) in [6, 6.07) is 1.91. The molecule has 0 amide bonds. The van der Waals surface area contributed by atoms with E-state index in [1.54, 1.807) is 0 Å². The van der Waals surface area contributed by atoms with Crippen molar-refractivity contribution in [2.75, 3.05) is 18.0 Å². The molecule has 1 aliphatic heterocycles. The Kier molecular flexibility index (Phi) is 5.25. The predicted octanol–water partition coefficient (Wildman–Crippen LogP) is 4.49. The van der Waals surface area contributed by atoms with Crippen molar-refractivity contribution in [2.24, 2.45) is 5.41 Å². The molecule has 0 saturated carbocycles. The summed E-state index contributed by atoms with van der Waals surface area (Å²) in [4.78, 5) is 11.4. The summed E-state index contributed by atoms with van der Waals surface area (Å²) in [7, 11) is 0. The Morgan fingerprint density at radius 1 is 1.15 bits per heavy atom. The first-order chi connectivity index (χ1) is 9.62. The van der Waals surface area contributed by atoms with Crippen LogP contribution in [0.5, 0.6) is 0 Å². The Morgan fingerprint density at radius 3 is 2.35 bits per heavy atom. The standard InChI is InChI=1S/C16H26ClN3/c1-4-7-14-18-13(17)12-15(19-14)20-10-8-16(5-2,6-3)9-11-20/h12H,4-11H2,1-3H3. The monoisotopic (exact) mass is 295 g/mol. The fraction of sp³-hybridized carbons (Fsp3) is 0.750. The smallest absolute Gasteiger partial charge is 0.134 e. The minimum atomic E-state index is 0.541. The molecule has 1 fully saturated rings. The van der Waals surface area contributed by atoms with E-state index in [-0.39, 0.29) is 0 Å². The van der Waals surface area contributed by atoms with E-state index in [0.29, 0.717) is 10.6 Å². The molecule has 2 rings (SSSR count). The number of anilines is 1. The summed E-state index contributed by atoms with van der Waals surface area (Å²) in [5.41, 5.74) is 0.541. The van der Waals surface area contributed by atoms with Gasteiger partial charge < -0.3 is 4.90 Å². The Bertz CT molecular complexity index is 433. The van der Waals surface area contributed by atoms with Gasteiger partial charge >= 0.3 is 0 Å². The molecule has 1 aliphatic rings. The van der Waals surface area contributed by atoms with Gasteiger partial charge in [-0.15, -0.1) is 0 Å². The fourth-order valence-electron chi connectivity index (χ4n) is 3.12. The van der Waals surface area contributed by atoms with Crippen molar-refractivity contribution in [1.82, 2.24) is 9.97 Å². The molecule has 0 N–H and O–H groups in total. The van der Waals surface area contributed by atoms with Crippen molar-refractivity contribution in [3.63, 3.8) is 0 Å². The topological polar surface area (TPSA) is 29.0 Å². The molecule has 0 aromatic carbocycles. The van der Waals surface area contributed by atoms with E-state index < -0.39 is 0 Å². The molecule has 3 nitrogen and oxygen atoms in total. The number of aromatic nitrogens is 2. The molecule has 0 radical (unpaired) electrons. The molecule has 20 heavy (non-hydrogen) atoms. The van der Waals surface area contributed by atoms with Crippen LogP contribution in [0.25, 0.3) is 0 Å². The second-order valence-electron chi connectivity index (χ2n) is 5.91. The van der Waals surface area contributed by atoms with Gasteiger partial charge in [0.2, 0.25) is 0 Å². The number of rotatable bonds is 5. The van der Waals surface area contributed by atoms with E-state index in [4.69, 9.17) is 11.6 Å². The molecule has 112 valence electrons. The van der Waals surface area contributed by atoms with Gasteiger partial charge in [0, 0.05) is 25.6 Å². The predicted molar refractivity (Wildman–Crippen MR) is 85.5 cm³/mol. The molecule has 0 aliphatic carbocycles. The maximum atomic E-state index is 6.14. The molecule has 0 atom stereocenters. The molecule has 1 saturated heterocycles. The van der Waals surface area contributed by atoms with E-state index in [1.807, 2.05) is 6.07 Å². The first-order valence-corrected chi connectivity index (χ1v) is 8.28. The van der Waals surface area contributed by atoms with Crippen LogP contribution in [0.4, 0.5) is 5.82 Å². The first-order valence-electron chi connectivity index (χ1n) is 7.91. The molecule has 2 heterocycles. The van der Waals surface area contributed by atoms with Crippen LogP contribution in [0, 0.1) is 5.41 Å². The number of piperidine rings is 1. The maximum Gasteiger partial charge on any atom is 0.134 e. The largest absolute Gasteiger partial charge is 0.356 e. The number of halogens is 1. The minimum Gasteiger partial charge on any atom is -0.356 e. The van der Waals surface area contributed by atoms with Crippen LogP contribution < -0.4 is 4.90 Å². The van der Waals surface area contributed by atoms with Gasteiger partial charge in [-0.1, -0.05) is 45.2 Å². The minimum absolute atomic E-state index is 0.541. The van der Waals surface area contributed by atoms with Crippen molar-refractivity contribution >= 4 is 17.4 Å². The third-order valence-corrected chi connectivity index (χ3v) is 5.04. The number of hydrogen-bond acceptors (Lipinski definition) is 3. The molecule has 1 aromatic heterocycles. The summed E-state index contributed by atoms with van der Waals surface area (Å²) in [6.07, 6.45) is 7.02. The summed E-state index contributed by atoms with van der Waals surface area (Å²) < 4.78 is 0. The first kappa shape index (κ1) is 15.6. The van der Waals surface area contributed by atoms with Gasteiger partial charge in [0.1, 0.15) is 16.8 Å². The van der Waals surface area contributed by atoms with Gasteiger partial charge in [0.05, 0.1) is 0 Å². The van der Waals surface area contributed by atoms with Crippen LogP contribution in [0.2, 0.25) is 5.15 Å². The summed E-state index contributed by atoms with van der Waals surface area (Å²) >= 11 is 6.14. The van der Waals surface area contributed by atoms with Crippen LogP contribution in [0.15, 0.2) is 6.07 Å². The van der Waals surface area contributed by atoms with E-state index in [2.05, 4.69) is 35.6 Å². The zero-order chi connectivity index (χ0) is 14.6. The van der Waals surface area contributed by atoms with Gasteiger partial charge in [0.25, 0.3) is 0 Å². The lowest BCUT2D eigenvalue weighted by Crippen LogP contribution is -2.40. The van der Waals surface area contributed by atoms with E-state index >= 15 is 0 Å². The molecular formula is C16H26ClN3. The fourth-order valence-corrected chi connectivity index (χ4v) is 3.31. The van der Waals surface area contributed by atoms with Crippen molar-refractivity contribution < 1.29 is 0 Å². The molecule has 4 heteroatoms. The number of nitrogens with zero attached hydrogens (tertiary/aromatic N) is 3. The number of aryl methyl sites for hydroxylation is 1. The zero-order valence-electron chi connectivity index (χ0n) is 13.0. The molecular weight excluding hydrogens is 270 g/mol. The lowest BCUT2D eigenvalue weighted by Gasteiger charge is -2.41. The summed E-state index contributed by atoms with van der Waals surface area (Å²) in [5.74, 6) is 1.88. The molecule has 0 unspecified atom stereocenters. The molecule has 0 spiro atoms. The van der Waals surface area contributed by atoms with E-state index in [9.17, 15) is 0 Å². The Morgan fingerprint density at radius 2 is 1.80 bits per heavy atom. The lowest BCUT2D eigenvalue weighted by molar-refractivity contribution is 0.199. The van der Waals surface area contributed by atoms with E-state index in [1.165, 1.54) is 25.7 Å². The van der Waals surface area contributed by atoms with Crippen molar-refractivity contribution in [2.45, 2.75) is 59.3 Å². The SMILES string of the molecule is CCCc1nc(Cl)cc(N2CCC(CC)(CC)CC2)n1. The zero-order valence-corrected chi connectivity index (χ0v) is 13.7. The Balaban J connectivity index is 2.10. The van der Waals surface area contributed by atoms with Gasteiger partial charge in [0.15, 0.2) is 0 Å². The van der Waals surface area contributed by atoms with E-state index in [0.717, 1.165) is 37.6 Å². The second kappa shape index (κ2) is 6.75. The van der Waals surface area contributed by atoms with Crippen LogP contribution in [-0.4, -0.2) is 23.1 Å². The highest BCUT2D eigenvalue weighted by Gasteiger charge is 2.31. The van der Waals surface area contributed by atoms with Crippen LogP contribution in [-0.2, 0) is 6.42 Å². The summed E-state index contributed by atoms with van der Waals surface area (Å²) in [6.45, 7) is 8.95. The molecule has 1 aromatic rings. The second-order valence-corrected chi connectivity index (χ2v) is 6.30. The van der Waals surface area contributed by atoms with Gasteiger partial charge in [-0.25, -0.2) is 9.97 Å². The third kappa shape index (κ3) is 3.43. The van der Waals surface area contributed by atoms with Crippen LogP contribution >= 0.6 is 11.6 Å². The average molecular weight is 296 g/mol. The highest BCUT2D eigenvalue weighted by molar-refractivity contribution is 6.29. The third-order valence-electron chi connectivity index (χ3n) is 4.85. The van der Waals surface area contributed by atoms with Gasteiger partial charge in [-0.2, -0.15) is 0 Å². The summed E-state index contributed by atoms with van der Waals surface area (Å²) in [5, 5.41) is 0.571. The number of hydrogen-bond donors (Lipinski definition) is 0. The lowest BCUT2D eigenvalue weighted by atomic mass is 9.74. The van der Waals surface area contributed by atoms with Gasteiger partial charge in [-0.3, -0.25) is 0 Å². The highest BCUT2D eigenvalue weighted by atomic mass is 35.5. The van der Waals surface area contributed by atoms with Crippen LogP contribution in [0.3, 0.4) is 0 Å².